The van der Waals surface area contributed by atoms with Crippen LogP contribution < -0.4 is 10.9 Å². The lowest BCUT2D eigenvalue weighted by atomic mass is 10.1. The predicted molar refractivity (Wildman–Crippen MR) is 108 cm³/mol. The number of hydrogen-bond acceptors (Lipinski definition) is 5. The molecular weight excluding hydrogens is 431 g/mol. The molecule has 0 aliphatic rings. The molecular formula is C17H21IN6O. The van der Waals surface area contributed by atoms with Crippen molar-refractivity contribution in [1.82, 2.24) is 25.0 Å². The minimum atomic E-state index is -0.227. The molecule has 132 valence electrons. The molecule has 0 radical (unpaired) electrons. The minimum Gasteiger partial charge on any atom is -0.326 e. The first-order valence-corrected chi connectivity index (χ1v) is 9.91. The summed E-state index contributed by atoms with van der Waals surface area (Å²) in [4.78, 5) is 19.6. The van der Waals surface area contributed by atoms with Crippen LogP contribution in [0.15, 0.2) is 23.0 Å². The number of rotatable bonds is 7. The zero-order chi connectivity index (χ0) is 17.8. The molecule has 8 heteroatoms. The van der Waals surface area contributed by atoms with Crippen LogP contribution in [0.1, 0.15) is 30.9 Å². The Morgan fingerprint density at radius 2 is 2.16 bits per heavy atom. The lowest BCUT2D eigenvalue weighted by Crippen LogP contribution is -2.15. The summed E-state index contributed by atoms with van der Waals surface area (Å²) < 4.78 is 2.72. The van der Waals surface area contributed by atoms with Crippen molar-refractivity contribution in [2.45, 2.75) is 39.7 Å². The highest BCUT2D eigenvalue weighted by Gasteiger charge is 2.12. The smallest absolute Gasteiger partial charge is 0.280 e. The molecule has 3 aromatic rings. The van der Waals surface area contributed by atoms with Crippen LogP contribution in [-0.4, -0.2) is 29.4 Å². The molecule has 0 bridgehead atoms. The Morgan fingerprint density at radius 3 is 2.92 bits per heavy atom. The maximum absolute atomic E-state index is 12.4. The van der Waals surface area contributed by atoms with Crippen molar-refractivity contribution in [3.63, 3.8) is 0 Å². The van der Waals surface area contributed by atoms with E-state index in [1.165, 1.54) is 11.1 Å². The van der Waals surface area contributed by atoms with Crippen molar-refractivity contribution < 1.29 is 0 Å². The molecule has 2 N–H and O–H groups in total. The molecule has 0 atom stereocenters. The standard InChI is InChI=1S/C17H21IN6O/c1-3-12-10-13(7-6-11(12)2)19-17-20-15-14(16(25)21-17)24(23-22-15)9-5-4-8-18/h6-7,10H,3-5,8-9H2,1-2H3,(H2,19,20,21,25). The van der Waals surface area contributed by atoms with Gasteiger partial charge in [0.25, 0.3) is 5.56 Å². The largest absolute Gasteiger partial charge is 0.326 e. The van der Waals surface area contributed by atoms with Gasteiger partial charge in [0.1, 0.15) is 0 Å². The first-order valence-electron chi connectivity index (χ1n) is 8.38. The zero-order valence-corrected chi connectivity index (χ0v) is 16.5. The molecule has 7 nitrogen and oxygen atoms in total. The van der Waals surface area contributed by atoms with E-state index in [1.807, 2.05) is 6.07 Å². The van der Waals surface area contributed by atoms with E-state index in [4.69, 9.17) is 0 Å². The molecule has 0 aliphatic heterocycles. The minimum absolute atomic E-state index is 0.227. The lowest BCUT2D eigenvalue weighted by molar-refractivity contribution is 0.569. The Bertz CT molecular complexity index is 933. The van der Waals surface area contributed by atoms with Gasteiger partial charge in [-0.05, 0) is 53.9 Å². The van der Waals surface area contributed by atoms with Crippen LogP contribution in [0.5, 0.6) is 0 Å². The summed E-state index contributed by atoms with van der Waals surface area (Å²) in [5.74, 6) is 0.378. The molecule has 0 saturated heterocycles. The Hall–Kier alpha value is -1.97. The Labute approximate surface area is 159 Å². The van der Waals surface area contributed by atoms with Gasteiger partial charge in [-0.2, -0.15) is 4.98 Å². The van der Waals surface area contributed by atoms with E-state index < -0.39 is 0 Å². The second kappa shape index (κ2) is 7.94. The second-order valence-electron chi connectivity index (χ2n) is 5.92. The van der Waals surface area contributed by atoms with Gasteiger partial charge in [0.05, 0.1) is 0 Å². The van der Waals surface area contributed by atoms with Gasteiger partial charge in [-0.3, -0.25) is 9.78 Å². The van der Waals surface area contributed by atoms with Crippen molar-refractivity contribution >= 4 is 45.4 Å². The van der Waals surface area contributed by atoms with E-state index in [0.29, 0.717) is 23.7 Å². The number of nitrogens with zero attached hydrogens (tertiary/aromatic N) is 4. The number of anilines is 2. The van der Waals surface area contributed by atoms with E-state index in [1.54, 1.807) is 4.68 Å². The number of benzene rings is 1. The number of nitrogens with one attached hydrogen (secondary N) is 2. The Kier molecular flexibility index (Phi) is 5.67. The monoisotopic (exact) mass is 452 g/mol. The van der Waals surface area contributed by atoms with Gasteiger partial charge in [-0.15, -0.1) is 5.10 Å². The fourth-order valence-corrected chi connectivity index (χ4v) is 3.28. The summed E-state index contributed by atoms with van der Waals surface area (Å²) in [7, 11) is 0. The summed E-state index contributed by atoms with van der Waals surface area (Å²) in [5, 5.41) is 11.3. The topological polar surface area (TPSA) is 88.5 Å². The zero-order valence-electron chi connectivity index (χ0n) is 14.3. The molecule has 0 unspecified atom stereocenters. The molecule has 0 aliphatic carbocycles. The molecule has 2 heterocycles. The van der Waals surface area contributed by atoms with E-state index in [-0.39, 0.29) is 5.56 Å². The molecule has 1 aromatic carbocycles. The summed E-state index contributed by atoms with van der Waals surface area (Å²) in [6, 6.07) is 6.10. The summed E-state index contributed by atoms with van der Waals surface area (Å²) >= 11 is 2.34. The number of halogens is 1. The summed E-state index contributed by atoms with van der Waals surface area (Å²) in [6.45, 7) is 4.88. The van der Waals surface area contributed by atoms with Gasteiger partial charge in [-0.1, -0.05) is 40.8 Å². The van der Waals surface area contributed by atoms with Crippen molar-refractivity contribution in [2.75, 3.05) is 9.74 Å². The van der Waals surface area contributed by atoms with Crippen molar-refractivity contribution in [3.05, 3.63) is 39.7 Å². The van der Waals surface area contributed by atoms with Crippen LogP contribution in [0.3, 0.4) is 0 Å². The van der Waals surface area contributed by atoms with Crippen LogP contribution in [0, 0.1) is 6.92 Å². The quantitative estimate of drug-likeness (QED) is 0.326. The van der Waals surface area contributed by atoms with Gasteiger partial charge in [0, 0.05) is 12.2 Å². The number of aromatic nitrogens is 5. The van der Waals surface area contributed by atoms with Crippen LogP contribution >= 0.6 is 22.6 Å². The van der Waals surface area contributed by atoms with Crippen LogP contribution in [0.2, 0.25) is 0 Å². The molecule has 0 spiro atoms. The number of H-pyrrole nitrogens is 1. The fraction of sp³-hybridized carbons (Fsp3) is 0.412. The number of alkyl halides is 1. The Morgan fingerprint density at radius 1 is 1.32 bits per heavy atom. The maximum atomic E-state index is 12.4. The van der Waals surface area contributed by atoms with Gasteiger partial charge in [0.15, 0.2) is 5.52 Å². The molecule has 0 saturated carbocycles. The van der Waals surface area contributed by atoms with E-state index in [2.05, 4.69) is 74.2 Å². The maximum Gasteiger partial charge on any atom is 0.280 e. The highest BCUT2D eigenvalue weighted by molar-refractivity contribution is 14.1. The molecule has 0 amide bonds. The average Bonchev–Trinajstić information content (AvgIpc) is 3.00. The third-order valence-electron chi connectivity index (χ3n) is 4.13. The molecule has 2 aromatic heterocycles. The van der Waals surface area contributed by atoms with Gasteiger partial charge < -0.3 is 5.32 Å². The average molecular weight is 452 g/mol. The lowest BCUT2D eigenvalue weighted by Gasteiger charge is -2.09. The SMILES string of the molecule is CCc1cc(Nc2nc3nnn(CCCCI)c3c(=O)[nH]2)ccc1C. The Balaban J connectivity index is 1.87. The molecule has 3 rings (SSSR count). The number of aryl methyl sites for hydroxylation is 3. The van der Waals surface area contributed by atoms with Crippen molar-refractivity contribution in [2.24, 2.45) is 0 Å². The fourth-order valence-electron chi connectivity index (χ4n) is 2.74. The van der Waals surface area contributed by atoms with Crippen LogP contribution in [-0.2, 0) is 13.0 Å². The molecule has 25 heavy (non-hydrogen) atoms. The van der Waals surface area contributed by atoms with Crippen molar-refractivity contribution in [1.29, 1.82) is 0 Å². The second-order valence-corrected chi connectivity index (χ2v) is 6.99. The van der Waals surface area contributed by atoms with E-state index in [0.717, 1.165) is 29.4 Å². The van der Waals surface area contributed by atoms with Gasteiger partial charge in [0.2, 0.25) is 11.6 Å². The number of hydrogen-bond donors (Lipinski definition) is 2. The van der Waals surface area contributed by atoms with Crippen molar-refractivity contribution in [3.8, 4) is 0 Å². The highest BCUT2D eigenvalue weighted by Crippen LogP contribution is 2.18. The van der Waals surface area contributed by atoms with Crippen LogP contribution in [0.25, 0.3) is 11.2 Å². The summed E-state index contributed by atoms with van der Waals surface area (Å²) in [5.41, 5.74) is 3.96. The predicted octanol–water partition coefficient (Wildman–Crippen LogP) is 3.34. The van der Waals surface area contributed by atoms with E-state index >= 15 is 0 Å². The number of fused-ring (bicyclic) bond motifs is 1. The van der Waals surface area contributed by atoms with Crippen LogP contribution in [0.4, 0.5) is 11.6 Å². The number of aromatic amines is 1. The third kappa shape index (κ3) is 4.00. The first kappa shape index (κ1) is 17.8. The highest BCUT2D eigenvalue weighted by atomic mass is 127. The van der Waals surface area contributed by atoms with E-state index in [9.17, 15) is 4.79 Å². The summed E-state index contributed by atoms with van der Waals surface area (Å²) in [6.07, 6.45) is 3.00. The van der Waals surface area contributed by atoms with Gasteiger partial charge >= 0.3 is 0 Å². The third-order valence-corrected chi connectivity index (χ3v) is 4.89. The normalized spacial score (nSPS) is 11.2. The number of unbranched alkanes of at least 4 members (excludes halogenated alkanes) is 1. The van der Waals surface area contributed by atoms with Gasteiger partial charge in [-0.25, -0.2) is 4.68 Å². The first-order chi connectivity index (χ1) is 12.1. The molecule has 0 fully saturated rings.